The van der Waals surface area contributed by atoms with Crippen LogP contribution in [0.2, 0.25) is 0 Å². The first-order valence-electron chi connectivity index (χ1n) is 5.20. The molecule has 1 amide bonds. The van der Waals surface area contributed by atoms with E-state index in [9.17, 15) is 9.59 Å². The molecule has 2 N–H and O–H groups in total. The van der Waals surface area contributed by atoms with E-state index in [0.717, 1.165) is 19.3 Å². The average Bonchev–Trinajstić information content (AvgIpc) is 2.31. The van der Waals surface area contributed by atoms with Crippen molar-refractivity contribution >= 4 is 11.9 Å². The van der Waals surface area contributed by atoms with Crippen molar-refractivity contribution in [3.63, 3.8) is 0 Å². The molecule has 0 aromatic carbocycles. The van der Waals surface area contributed by atoms with Crippen molar-refractivity contribution in [2.45, 2.75) is 38.1 Å². The van der Waals surface area contributed by atoms with Gasteiger partial charge in [-0.05, 0) is 25.7 Å². The first kappa shape index (κ1) is 9.49. The van der Waals surface area contributed by atoms with Crippen LogP contribution in [0.1, 0.15) is 32.1 Å². The van der Waals surface area contributed by atoms with Gasteiger partial charge in [0, 0.05) is 12.0 Å². The fourth-order valence-corrected chi connectivity index (χ4v) is 2.52. The van der Waals surface area contributed by atoms with Gasteiger partial charge < -0.3 is 10.4 Å². The normalized spacial score (nSPS) is 37.1. The summed E-state index contributed by atoms with van der Waals surface area (Å²) in [5.74, 6) is -1.08. The predicted octanol–water partition coefficient (Wildman–Crippen LogP) is 0.766. The summed E-state index contributed by atoms with van der Waals surface area (Å²) < 4.78 is 0. The van der Waals surface area contributed by atoms with Crippen LogP contribution in [0, 0.1) is 11.8 Å². The van der Waals surface area contributed by atoms with Crippen molar-refractivity contribution < 1.29 is 14.7 Å². The fraction of sp³-hybridized carbons (Fsp3) is 0.800. The second-order valence-electron chi connectivity index (χ2n) is 4.34. The van der Waals surface area contributed by atoms with Crippen LogP contribution >= 0.6 is 0 Å². The molecular weight excluding hydrogens is 182 g/mol. The third-order valence-electron chi connectivity index (χ3n) is 3.31. The molecule has 2 bridgehead atoms. The van der Waals surface area contributed by atoms with E-state index < -0.39 is 5.97 Å². The monoisotopic (exact) mass is 197 g/mol. The smallest absolute Gasteiger partial charge is 0.306 e. The Morgan fingerprint density at radius 3 is 2.86 bits per heavy atom. The van der Waals surface area contributed by atoms with Crippen LogP contribution in [-0.4, -0.2) is 23.0 Å². The molecule has 2 heterocycles. The number of carbonyl (C=O) groups is 2. The topological polar surface area (TPSA) is 66.4 Å². The maximum atomic E-state index is 11.6. The van der Waals surface area contributed by atoms with E-state index in [2.05, 4.69) is 5.32 Å². The third kappa shape index (κ3) is 1.74. The lowest BCUT2D eigenvalue weighted by Gasteiger charge is -2.19. The number of hydrogen-bond acceptors (Lipinski definition) is 2. The molecule has 78 valence electrons. The molecule has 0 aromatic rings. The van der Waals surface area contributed by atoms with Crippen molar-refractivity contribution in [2.75, 3.05) is 0 Å². The molecule has 2 rings (SSSR count). The van der Waals surface area contributed by atoms with E-state index in [1.54, 1.807) is 0 Å². The van der Waals surface area contributed by atoms with Crippen molar-refractivity contribution in [2.24, 2.45) is 11.8 Å². The first-order valence-corrected chi connectivity index (χ1v) is 5.20. The number of carbonyl (C=O) groups excluding carboxylic acids is 1. The minimum Gasteiger partial charge on any atom is -0.481 e. The number of fused-ring (bicyclic) bond motifs is 3. The van der Waals surface area contributed by atoms with Crippen LogP contribution in [0.3, 0.4) is 0 Å². The molecule has 0 aromatic heterocycles. The van der Waals surface area contributed by atoms with E-state index in [1.165, 1.54) is 0 Å². The van der Waals surface area contributed by atoms with Crippen molar-refractivity contribution in [1.82, 2.24) is 5.32 Å². The molecule has 3 atom stereocenters. The summed E-state index contributed by atoms with van der Waals surface area (Å²) in [6.45, 7) is 0. The Morgan fingerprint density at radius 1 is 1.36 bits per heavy atom. The number of carboxylic acid groups (broad SMARTS) is 1. The summed E-state index contributed by atoms with van der Waals surface area (Å²) in [5.41, 5.74) is 0. The SMILES string of the molecule is O=C(O)[C@H]1C[C@H]2CCC[C@H](C1)C(=O)N2. The van der Waals surface area contributed by atoms with E-state index in [1.807, 2.05) is 0 Å². The summed E-state index contributed by atoms with van der Waals surface area (Å²) in [5, 5.41) is 11.9. The zero-order chi connectivity index (χ0) is 10.1. The summed E-state index contributed by atoms with van der Waals surface area (Å²) in [7, 11) is 0. The lowest BCUT2D eigenvalue weighted by atomic mass is 9.85. The van der Waals surface area contributed by atoms with Crippen molar-refractivity contribution in [1.29, 1.82) is 0 Å². The highest BCUT2D eigenvalue weighted by atomic mass is 16.4. The Balaban J connectivity index is 2.17. The lowest BCUT2D eigenvalue weighted by molar-refractivity contribution is -0.142. The molecule has 4 nitrogen and oxygen atoms in total. The number of rotatable bonds is 1. The van der Waals surface area contributed by atoms with Crippen LogP contribution in [0.15, 0.2) is 0 Å². The maximum absolute atomic E-state index is 11.6. The first-order chi connectivity index (χ1) is 6.66. The lowest BCUT2D eigenvalue weighted by Crippen LogP contribution is -2.34. The van der Waals surface area contributed by atoms with Gasteiger partial charge in [0.1, 0.15) is 0 Å². The molecular formula is C10H15NO3. The molecule has 0 spiro atoms. The molecule has 0 unspecified atom stereocenters. The van der Waals surface area contributed by atoms with Gasteiger partial charge in [-0.2, -0.15) is 0 Å². The highest BCUT2D eigenvalue weighted by molar-refractivity contribution is 5.81. The molecule has 0 aliphatic carbocycles. The van der Waals surface area contributed by atoms with Gasteiger partial charge in [0.05, 0.1) is 5.92 Å². The Bertz CT molecular complexity index is 264. The van der Waals surface area contributed by atoms with Gasteiger partial charge >= 0.3 is 5.97 Å². The minimum atomic E-state index is -0.751. The molecule has 2 aliphatic heterocycles. The molecule has 0 radical (unpaired) electrons. The van der Waals surface area contributed by atoms with Crippen molar-refractivity contribution in [3.05, 3.63) is 0 Å². The van der Waals surface area contributed by atoms with Gasteiger partial charge in [0.2, 0.25) is 5.91 Å². The number of aliphatic carboxylic acids is 1. The molecule has 2 fully saturated rings. The minimum absolute atomic E-state index is 0.0660. The van der Waals surface area contributed by atoms with Crippen LogP contribution < -0.4 is 5.32 Å². The largest absolute Gasteiger partial charge is 0.481 e. The van der Waals surface area contributed by atoms with E-state index in [-0.39, 0.29) is 23.8 Å². The van der Waals surface area contributed by atoms with E-state index in [4.69, 9.17) is 5.11 Å². The van der Waals surface area contributed by atoms with Crippen LogP contribution in [0.5, 0.6) is 0 Å². The molecule has 4 heteroatoms. The number of amides is 1. The van der Waals surface area contributed by atoms with Crippen LogP contribution in [-0.2, 0) is 9.59 Å². The standard InChI is InChI=1S/C10H15NO3/c12-9-6-2-1-3-8(11-9)5-7(4-6)10(13)14/h6-8H,1-5H2,(H,11,12)(H,13,14)/t6-,7-,8-/m1/s1. The van der Waals surface area contributed by atoms with Gasteiger partial charge in [-0.1, -0.05) is 6.42 Å². The summed E-state index contributed by atoms with van der Waals surface area (Å²) in [6.07, 6.45) is 3.97. The Hall–Kier alpha value is -1.06. The highest BCUT2D eigenvalue weighted by Crippen LogP contribution is 2.31. The van der Waals surface area contributed by atoms with Gasteiger partial charge in [0.25, 0.3) is 0 Å². The zero-order valence-corrected chi connectivity index (χ0v) is 8.03. The summed E-state index contributed by atoms with van der Waals surface area (Å²) in [4.78, 5) is 22.5. The zero-order valence-electron chi connectivity index (χ0n) is 8.03. The second kappa shape index (κ2) is 3.59. The maximum Gasteiger partial charge on any atom is 0.306 e. The Labute approximate surface area is 82.7 Å². The number of nitrogens with one attached hydrogen (secondary N) is 1. The van der Waals surface area contributed by atoms with E-state index in [0.29, 0.717) is 12.8 Å². The predicted molar refractivity (Wildman–Crippen MR) is 49.6 cm³/mol. The van der Waals surface area contributed by atoms with Gasteiger partial charge in [-0.15, -0.1) is 0 Å². The fourth-order valence-electron chi connectivity index (χ4n) is 2.52. The molecule has 14 heavy (non-hydrogen) atoms. The average molecular weight is 197 g/mol. The van der Waals surface area contributed by atoms with Gasteiger partial charge in [0.15, 0.2) is 0 Å². The molecule has 0 saturated carbocycles. The van der Waals surface area contributed by atoms with Gasteiger partial charge in [-0.25, -0.2) is 0 Å². The quantitative estimate of drug-likeness (QED) is 0.652. The highest BCUT2D eigenvalue weighted by Gasteiger charge is 2.36. The van der Waals surface area contributed by atoms with Crippen LogP contribution in [0.4, 0.5) is 0 Å². The Kier molecular flexibility index (Phi) is 2.44. The van der Waals surface area contributed by atoms with Crippen molar-refractivity contribution in [3.8, 4) is 0 Å². The Morgan fingerprint density at radius 2 is 2.14 bits per heavy atom. The molecule has 2 saturated heterocycles. The number of hydrogen-bond donors (Lipinski definition) is 2. The summed E-state index contributed by atoms with van der Waals surface area (Å²) >= 11 is 0. The van der Waals surface area contributed by atoms with E-state index >= 15 is 0 Å². The van der Waals surface area contributed by atoms with Crippen LogP contribution in [0.25, 0.3) is 0 Å². The van der Waals surface area contributed by atoms with Gasteiger partial charge in [-0.3, -0.25) is 9.59 Å². The number of carboxylic acids is 1. The second-order valence-corrected chi connectivity index (χ2v) is 4.34. The molecule has 2 aliphatic rings. The summed E-state index contributed by atoms with van der Waals surface area (Å²) in [6, 6.07) is 0.0936. The third-order valence-corrected chi connectivity index (χ3v) is 3.31.